The van der Waals surface area contributed by atoms with Crippen LogP contribution < -0.4 is 5.73 Å². The van der Waals surface area contributed by atoms with Gasteiger partial charge in [0.05, 0.1) is 5.54 Å². The van der Waals surface area contributed by atoms with Crippen molar-refractivity contribution in [1.82, 2.24) is 4.90 Å². The van der Waals surface area contributed by atoms with Crippen LogP contribution in [0.15, 0.2) is 0 Å². The predicted octanol–water partition coefficient (Wildman–Crippen LogP) is 1.23. The monoisotopic (exact) mass is 186 g/mol. The molecule has 0 heterocycles. The number of nitrogens with two attached hydrogens (primary N) is 1. The van der Waals surface area contributed by atoms with E-state index in [9.17, 15) is 4.79 Å². The zero-order valence-electron chi connectivity index (χ0n) is 9.42. The maximum absolute atomic E-state index is 11.7. The van der Waals surface area contributed by atoms with E-state index in [1.807, 2.05) is 14.0 Å². The summed E-state index contributed by atoms with van der Waals surface area (Å²) in [5.74, 6) is 0.519. The predicted molar refractivity (Wildman–Crippen MR) is 55.4 cm³/mol. The van der Waals surface area contributed by atoms with Gasteiger partial charge in [-0.05, 0) is 19.3 Å². The van der Waals surface area contributed by atoms with Gasteiger partial charge in [0.15, 0.2) is 0 Å². The topological polar surface area (TPSA) is 46.3 Å². The largest absolute Gasteiger partial charge is 0.344 e. The Morgan fingerprint density at radius 1 is 1.54 bits per heavy atom. The van der Waals surface area contributed by atoms with E-state index >= 15 is 0 Å². The molecular formula is C10H22N2O. The average molecular weight is 186 g/mol. The molecule has 0 saturated heterocycles. The number of hydrogen-bond acceptors (Lipinski definition) is 2. The number of hydrogen-bond donors (Lipinski definition) is 1. The average Bonchev–Trinajstić information content (AvgIpc) is 2.01. The van der Waals surface area contributed by atoms with Crippen LogP contribution >= 0.6 is 0 Å². The first-order valence-corrected chi connectivity index (χ1v) is 4.85. The van der Waals surface area contributed by atoms with Gasteiger partial charge in [0.1, 0.15) is 0 Å². The highest BCUT2D eigenvalue weighted by atomic mass is 16.2. The van der Waals surface area contributed by atoms with E-state index in [2.05, 4.69) is 13.8 Å². The van der Waals surface area contributed by atoms with Crippen LogP contribution in [0.4, 0.5) is 0 Å². The maximum Gasteiger partial charge on any atom is 0.242 e. The Bertz CT molecular complexity index is 176. The van der Waals surface area contributed by atoms with Crippen molar-refractivity contribution in [3.05, 3.63) is 0 Å². The van der Waals surface area contributed by atoms with Crippen molar-refractivity contribution in [2.75, 3.05) is 13.6 Å². The minimum absolute atomic E-state index is 0.0312. The standard InChI is InChI=1S/C10H22N2O/c1-6-10(4,11)9(13)12(5)7-8(2)3/h8H,6-7,11H2,1-5H3. The molecule has 0 aliphatic rings. The lowest BCUT2D eigenvalue weighted by molar-refractivity contribution is -0.135. The molecule has 3 heteroatoms. The van der Waals surface area contributed by atoms with E-state index in [1.54, 1.807) is 11.8 Å². The lowest BCUT2D eigenvalue weighted by atomic mass is 9.98. The zero-order valence-corrected chi connectivity index (χ0v) is 9.42. The van der Waals surface area contributed by atoms with Crippen molar-refractivity contribution in [1.29, 1.82) is 0 Å². The van der Waals surface area contributed by atoms with Gasteiger partial charge in [0.2, 0.25) is 5.91 Å². The van der Waals surface area contributed by atoms with Gasteiger partial charge < -0.3 is 10.6 Å². The van der Waals surface area contributed by atoms with Crippen LogP contribution in [-0.2, 0) is 4.79 Å². The Labute approximate surface area is 81.3 Å². The van der Waals surface area contributed by atoms with Crippen LogP contribution in [0.1, 0.15) is 34.1 Å². The molecule has 0 aromatic rings. The van der Waals surface area contributed by atoms with E-state index in [-0.39, 0.29) is 5.91 Å². The summed E-state index contributed by atoms with van der Waals surface area (Å²) in [5, 5.41) is 0. The Balaban J connectivity index is 4.25. The van der Waals surface area contributed by atoms with Gasteiger partial charge in [-0.2, -0.15) is 0 Å². The summed E-state index contributed by atoms with van der Waals surface area (Å²) in [6, 6.07) is 0. The molecule has 0 aliphatic heterocycles. The number of rotatable bonds is 4. The summed E-state index contributed by atoms with van der Waals surface area (Å²) >= 11 is 0. The second kappa shape index (κ2) is 4.61. The molecule has 0 aromatic heterocycles. The number of amides is 1. The van der Waals surface area contributed by atoms with Crippen molar-refractivity contribution in [2.24, 2.45) is 11.7 Å². The molecule has 78 valence electrons. The smallest absolute Gasteiger partial charge is 0.242 e. The third-order valence-electron chi connectivity index (χ3n) is 2.21. The molecule has 0 aromatic carbocycles. The first-order chi connectivity index (χ1) is 5.81. The normalized spacial score (nSPS) is 15.6. The number of likely N-dealkylation sites (N-methyl/N-ethyl adjacent to an activating group) is 1. The molecule has 2 N–H and O–H groups in total. The molecule has 0 fully saturated rings. The van der Waals surface area contributed by atoms with Crippen LogP contribution in [0.25, 0.3) is 0 Å². The Morgan fingerprint density at radius 3 is 2.31 bits per heavy atom. The van der Waals surface area contributed by atoms with Crippen molar-refractivity contribution < 1.29 is 4.79 Å². The summed E-state index contributed by atoms with van der Waals surface area (Å²) in [4.78, 5) is 13.4. The number of carbonyl (C=O) groups is 1. The first-order valence-electron chi connectivity index (χ1n) is 4.85. The molecule has 13 heavy (non-hydrogen) atoms. The van der Waals surface area contributed by atoms with Crippen molar-refractivity contribution in [3.63, 3.8) is 0 Å². The van der Waals surface area contributed by atoms with Gasteiger partial charge in [0, 0.05) is 13.6 Å². The fourth-order valence-electron chi connectivity index (χ4n) is 1.22. The fourth-order valence-corrected chi connectivity index (χ4v) is 1.22. The highest BCUT2D eigenvalue weighted by Crippen LogP contribution is 2.09. The third-order valence-corrected chi connectivity index (χ3v) is 2.21. The zero-order chi connectivity index (χ0) is 10.6. The summed E-state index contributed by atoms with van der Waals surface area (Å²) in [5.41, 5.74) is 5.14. The van der Waals surface area contributed by atoms with E-state index in [4.69, 9.17) is 5.73 Å². The van der Waals surface area contributed by atoms with Crippen molar-refractivity contribution >= 4 is 5.91 Å². The summed E-state index contributed by atoms with van der Waals surface area (Å²) < 4.78 is 0. The molecule has 0 spiro atoms. The highest BCUT2D eigenvalue weighted by Gasteiger charge is 2.28. The fraction of sp³-hybridized carbons (Fsp3) is 0.900. The number of nitrogens with zero attached hydrogens (tertiary/aromatic N) is 1. The quantitative estimate of drug-likeness (QED) is 0.717. The lowest BCUT2D eigenvalue weighted by Gasteiger charge is -2.29. The number of carbonyl (C=O) groups excluding carboxylic acids is 1. The second-order valence-corrected chi connectivity index (χ2v) is 4.35. The van der Waals surface area contributed by atoms with E-state index in [0.717, 1.165) is 6.54 Å². The third kappa shape index (κ3) is 3.77. The summed E-state index contributed by atoms with van der Waals surface area (Å²) in [6.07, 6.45) is 0.675. The molecule has 1 amide bonds. The Hall–Kier alpha value is -0.570. The van der Waals surface area contributed by atoms with Crippen LogP contribution in [0.2, 0.25) is 0 Å². The highest BCUT2D eigenvalue weighted by molar-refractivity contribution is 5.85. The molecular weight excluding hydrogens is 164 g/mol. The van der Waals surface area contributed by atoms with Crippen molar-refractivity contribution in [2.45, 2.75) is 39.7 Å². The van der Waals surface area contributed by atoms with Gasteiger partial charge in [-0.25, -0.2) is 0 Å². The van der Waals surface area contributed by atoms with Crippen LogP contribution in [0.3, 0.4) is 0 Å². The molecule has 0 radical (unpaired) electrons. The van der Waals surface area contributed by atoms with Crippen LogP contribution in [0.5, 0.6) is 0 Å². The minimum Gasteiger partial charge on any atom is -0.344 e. The molecule has 1 unspecified atom stereocenters. The van der Waals surface area contributed by atoms with Gasteiger partial charge in [-0.3, -0.25) is 4.79 Å². The molecule has 0 saturated carbocycles. The van der Waals surface area contributed by atoms with Gasteiger partial charge >= 0.3 is 0 Å². The van der Waals surface area contributed by atoms with Gasteiger partial charge in [-0.15, -0.1) is 0 Å². The van der Waals surface area contributed by atoms with Crippen LogP contribution in [0, 0.1) is 5.92 Å². The molecule has 0 bridgehead atoms. The maximum atomic E-state index is 11.7. The summed E-state index contributed by atoms with van der Waals surface area (Å²) in [7, 11) is 1.81. The lowest BCUT2D eigenvalue weighted by Crippen LogP contribution is -2.52. The Kier molecular flexibility index (Phi) is 4.40. The second-order valence-electron chi connectivity index (χ2n) is 4.35. The molecule has 3 nitrogen and oxygen atoms in total. The van der Waals surface area contributed by atoms with E-state index in [1.165, 1.54) is 0 Å². The molecule has 0 rings (SSSR count). The van der Waals surface area contributed by atoms with Crippen LogP contribution in [-0.4, -0.2) is 29.9 Å². The molecule has 0 aliphatic carbocycles. The minimum atomic E-state index is -0.705. The van der Waals surface area contributed by atoms with Gasteiger partial charge in [-0.1, -0.05) is 20.8 Å². The van der Waals surface area contributed by atoms with Crippen molar-refractivity contribution in [3.8, 4) is 0 Å². The first kappa shape index (κ1) is 12.4. The molecule has 1 atom stereocenters. The van der Waals surface area contributed by atoms with E-state index < -0.39 is 5.54 Å². The SMILES string of the molecule is CCC(C)(N)C(=O)N(C)CC(C)C. The summed E-state index contributed by atoms with van der Waals surface area (Å²) in [6.45, 7) is 8.66. The van der Waals surface area contributed by atoms with Gasteiger partial charge in [0.25, 0.3) is 0 Å². The van der Waals surface area contributed by atoms with E-state index in [0.29, 0.717) is 12.3 Å². The Morgan fingerprint density at radius 2 is 2.00 bits per heavy atom.